The standard InChI is InChI=1S/C14H19FN2O2/c1-9-11(15)6-10(7-12(9)16)13(19)17-14(8-18)4-2-3-5-14/h6-7,18H,2-5,8,16H2,1H3,(H,17,19). The van der Waals surface area contributed by atoms with Crippen molar-refractivity contribution in [1.29, 1.82) is 0 Å². The number of nitrogens with two attached hydrogens (primary N) is 1. The number of nitrogen functional groups attached to an aromatic ring is 1. The molecule has 104 valence electrons. The molecule has 0 radical (unpaired) electrons. The van der Waals surface area contributed by atoms with Gasteiger partial charge in [-0.15, -0.1) is 0 Å². The summed E-state index contributed by atoms with van der Waals surface area (Å²) >= 11 is 0. The number of aliphatic hydroxyl groups is 1. The molecule has 0 saturated heterocycles. The molecular weight excluding hydrogens is 247 g/mol. The van der Waals surface area contributed by atoms with Gasteiger partial charge < -0.3 is 16.2 Å². The molecule has 19 heavy (non-hydrogen) atoms. The average Bonchev–Trinajstić information content (AvgIpc) is 2.84. The van der Waals surface area contributed by atoms with Crippen LogP contribution in [0, 0.1) is 12.7 Å². The Bertz CT molecular complexity index is 473. The molecule has 1 aromatic carbocycles. The van der Waals surface area contributed by atoms with E-state index in [0.717, 1.165) is 25.7 Å². The lowest BCUT2D eigenvalue weighted by molar-refractivity contribution is 0.0838. The van der Waals surface area contributed by atoms with Gasteiger partial charge in [-0.25, -0.2) is 4.39 Å². The van der Waals surface area contributed by atoms with Crippen LogP contribution in [0.1, 0.15) is 41.6 Å². The largest absolute Gasteiger partial charge is 0.398 e. The van der Waals surface area contributed by atoms with E-state index in [-0.39, 0.29) is 23.8 Å². The normalized spacial score (nSPS) is 17.4. The predicted molar refractivity (Wildman–Crippen MR) is 71.3 cm³/mol. The highest BCUT2D eigenvalue weighted by molar-refractivity contribution is 5.95. The van der Waals surface area contributed by atoms with E-state index in [4.69, 9.17) is 5.73 Å². The summed E-state index contributed by atoms with van der Waals surface area (Å²) in [4.78, 5) is 12.1. The van der Waals surface area contributed by atoms with E-state index in [9.17, 15) is 14.3 Å². The van der Waals surface area contributed by atoms with E-state index in [1.54, 1.807) is 6.92 Å². The molecule has 0 atom stereocenters. The van der Waals surface area contributed by atoms with E-state index in [2.05, 4.69) is 5.32 Å². The molecule has 0 aliphatic heterocycles. The van der Waals surface area contributed by atoms with Crippen LogP contribution >= 0.6 is 0 Å². The predicted octanol–water partition coefficient (Wildman–Crippen LogP) is 1.75. The zero-order chi connectivity index (χ0) is 14.0. The lowest BCUT2D eigenvalue weighted by Gasteiger charge is -2.28. The first kappa shape index (κ1) is 13.8. The van der Waals surface area contributed by atoms with Crippen LogP contribution in [0.25, 0.3) is 0 Å². The Balaban J connectivity index is 2.20. The Morgan fingerprint density at radius 3 is 2.63 bits per heavy atom. The first-order chi connectivity index (χ1) is 8.97. The Kier molecular flexibility index (Phi) is 3.75. The Hall–Kier alpha value is -1.62. The van der Waals surface area contributed by atoms with Crippen LogP contribution in [-0.2, 0) is 0 Å². The fourth-order valence-corrected chi connectivity index (χ4v) is 2.52. The summed E-state index contributed by atoms with van der Waals surface area (Å²) in [6.45, 7) is 1.47. The fourth-order valence-electron chi connectivity index (χ4n) is 2.52. The highest BCUT2D eigenvalue weighted by Gasteiger charge is 2.34. The SMILES string of the molecule is Cc1c(N)cc(C(=O)NC2(CO)CCCC2)cc1F. The van der Waals surface area contributed by atoms with Gasteiger partial charge in [0, 0.05) is 16.8 Å². The number of nitrogens with one attached hydrogen (secondary N) is 1. The monoisotopic (exact) mass is 266 g/mol. The summed E-state index contributed by atoms with van der Waals surface area (Å²) in [5.74, 6) is -0.879. The molecule has 4 N–H and O–H groups in total. The molecule has 1 aromatic rings. The molecule has 1 aliphatic rings. The van der Waals surface area contributed by atoms with Crippen molar-refractivity contribution in [3.05, 3.63) is 29.1 Å². The second-order valence-corrected chi connectivity index (χ2v) is 5.27. The second-order valence-electron chi connectivity index (χ2n) is 5.27. The van der Waals surface area contributed by atoms with E-state index in [1.165, 1.54) is 12.1 Å². The van der Waals surface area contributed by atoms with Gasteiger partial charge in [0.15, 0.2) is 0 Å². The Morgan fingerprint density at radius 2 is 2.11 bits per heavy atom. The molecule has 0 aromatic heterocycles. The zero-order valence-electron chi connectivity index (χ0n) is 11.0. The third-order valence-corrected chi connectivity index (χ3v) is 3.89. The van der Waals surface area contributed by atoms with Crippen molar-refractivity contribution in [2.45, 2.75) is 38.1 Å². The number of halogens is 1. The quantitative estimate of drug-likeness (QED) is 0.730. The number of carbonyl (C=O) groups excluding carboxylic acids is 1. The van der Waals surface area contributed by atoms with Gasteiger partial charge in [-0.3, -0.25) is 4.79 Å². The smallest absolute Gasteiger partial charge is 0.251 e. The van der Waals surface area contributed by atoms with Gasteiger partial charge in [0.2, 0.25) is 0 Å². The zero-order valence-corrected chi connectivity index (χ0v) is 11.0. The summed E-state index contributed by atoms with van der Waals surface area (Å²) in [5.41, 5.74) is 5.90. The highest BCUT2D eigenvalue weighted by atomic mass is 19.1. The van der Waals surface area contributed by atoms with Gasteiger partial charge in [-0.05, 0) is 31.9 Å². The van der Waals surface area contributed by atoms with E-state index < -0.39 is 11.4 Å². The van der Waals surface area contributed by atoms with E-state index in [0.29, 0.717) is 5.56 Å². The molecule has 1 amide bonds. The van der Waals surface area contributed by atoms with Crippen LogP contribution in [-0.4, -0.2) is 23.2 Å². The van der Waals surface area contributed by atoms with Gasteiger partial charge in [0.1, 0.15) is 5.82 Å². The number of amides is 1. The van der Waals surface area contributed by atoms with Crippen molar-refractivity contribution >= 4 is 11.6 Å². The van der Waals surface area contributed by atoms with E-state index in [1.807, 2.05) is 0 Å². The summed E-state index contributed by atoms with van der Waals surface area (Å²) in [6.07, 6.45) is 3.45. The number of benzene rings is 1. The lowest BCUT2D eigenvalue weighted by atomic mass is 9.98. The van der Waals surface area contributed by atoms with Gasteiger partial charge in [-0.2, -0.15) is 0 Å². The van der Waals surface area contributed by atoms with Gasteiger partial charge in [0.25, 0.3) is 5.91 Å². The number of carbonyl (C=O) groups is 1. The molecule has 0 bridgehead atoms. The molecule has 4 nitrogen and oxygen atoms in total. The minimum Gasteiger partial charge on any atom is -0.398 e. The number of anilines is 1. The van der Waals surface area contributed by atoms with Crippen molar-refractivity contribution in [2.24, 2.45) is 0 Å². The number of aliphatic hydroxyl groups excluding tert-OH is 1. The molecule has 0 heterocycles. The second kappa shape index (κ2) is 5.17. The third-order valence-electron chi connectivity index (χ3n) is 3.89. The number of hydrogen-bond acceptors (Lipinski definition) is 3. The highest BCUT2D eigenvalue weighted by Crippen LogP contribution is 2.29. The third kappa shape index (κ3) is 2.71. The molecule has 2 rings (SSSR count). The van der Waals surface area contributed by atoms with Crippen molar-refractivity contribution in [3.8, 4) is 0 Å². The molecule has 1 aliphatic carbocycles. The first-order valence-corrected chi connectivity index (χ1v) is 6.46. The fraction of sp³-hybridized carbons (Fsp3) is 0.500. The van der Waals surface area contributed by atoms with Crippen LogP contribution in [0.3, 0.4) is 0 Å². The Morgan fingerprint density at radius 1 is 1.47 bits per heavy atom. The first-order valence-electron chi connectivity index (χ1n) is 6.46. The molecular formula is C14H19FN2O2. The summed E-state index contributed by atoms with van der Waals surface area (Å²) in [7, 11) is 0. The van der Waals surface area contributed by atoms with Crippen LogP contribution in [0.2, 0.25) is 0 Å². The molecule has 0 unspecified atom stereocenters. The van der Waals surface area contributed by atoms with Crippen LogP contribution in [0.5, 0.6) is 0 Å². The van der Waals surface area contributed by atoms with Crippen molar-refractivity contribution in [3.63, 3.8) is 0 Å². The molecule has 5 heteroatoms. The van der Waals surface area contributed by atoms with Crippen molar-refractivity contribution in [2.75, 3.05) is 12.3 Å². The maximum Gasteiger partial charge on any atom is 0.251 e. The number of hydrogen-bond donors (Lipinski definition) is 3. The summed E-state index contributed by atoms with van der Waals surface area (Å²) in [6, 6.07) is 2.65. The van der Waals surface area contributed by atoms with Crippen molar-refractivity contribution < 1.29 is 14.3 Å². The summed E-state index contributed by atoms with van der Waals surface area (Å²) in [5, 5.41) is 12.3. The molecule has 0 spiro atoms. The van der Waals surface area contributed by atoms with Crippen LogP contribution < -0.4 is 11.1 Å². The molecule has 1 fully saturated rings. The number of rotatable bonds is 3. The van der Waals surface area contributed by atoms with E-state index >= 15 is 0 Å². The topological polar surface area (TPSA) is 75.4 Å². The minimum atomic E-state index is -0.562. The van der Waals surface area contributed by atoms with Gasteiger partial charge in [0.05, 0.1) is 12.1 Å². The van der Waals surface area contributed by atoms with Gasteiger partial charge in [-0.1, -0.05) is 12.8 Å². The summed E-state index contributed by atoms with van der Waals surface area (Å²) < 4.78 is 13.6. The lowest BCUT2D eigenvalue weighted by Crippen LogP contribution is -2.49. The Labute approximate surface area is 111 Å². The minimum absolute atomic E-state index is 0.0947. The van der Waals surface area contributed by atoms with Gasteiger partial charge >= 0.3 is 0 Å². The maximum absolute atomic E-state index is 13.6. The van der Waals surface area contributed by atoms with Crippen LogP contribution in [0.15, 0.2) is 12.1 Å². The molecule has 1 saturated carbocycles. The van der Waals surface area contributed by atoms with Crippen molar-refractivity contribution in [1.82, 2.24) is 5.32 Å². The van der Waals surface area contributed by atoms with Crippen LogP contribution in [0.4, 0.5) is 10.1 Å². The maximum atomic E-state index is 13.6. The average molecular weight is 266 g/mol.